The fourth-order valence-electron chi connectivity index (χ4n) is 2.03. The van der Waals surface area contributed by atoms with Gasteiger partial charge in [0.15, 0.2) is 5.82 Å². The van der Waals surface area contributed by atoms with Crippen LogP contribution in [0, 0.1) is 11.6 Å². The lowest BCUT2D eigenvalue weighted by atomic mass is 10.2. The van der Waals surface area contributed by atoms with E-state index in [1.807, 2.05) is 18.2 Å². The third kappa shape index (κ3) is 3.57. The first-order valence-corrected chi connectivity index (χ1v) is 6.81. The van der Waals surface area contributed by atoms with E-state index in [9.17, 15) is 13.6 Å². The summed E-state index contributed by atoms with van der Waals surface area (Å²) >= 11 is 0. The first-order chi connectivity index (χ1) is 11.1. The molecule has 1 amide bonds. The number of halogens is 2. The van der Waals surface area contributed by atoms with Crippen LogP contribution < -0.4 is 5.32 Å². The number of nitrogens with one attached hydrogen (secondary N) is 1. The molecule has 2 aromatic heterocycles. The summed E-state index contributed by atoms with van der Waals surface area (Å²) in [6.45, 7) is 0.446. The van der Waals surface area contributed by atoms with Gasteiger partial charge in [-0.05, 0) is 24.3 Å². The van der Waals surface area contributed by atoms with E-state index in [2.05, 4.69) is 15.4 Å². The zero-order valence-corrected chi connectivity index (χ0v) is 11.9. The largest absolute Gasteiger partial charge is 0.305 e. The van der Waals surface area contributed by atoms with Crippen molar-refractivity contribution in [2.45, 2.75) is 6.54 Å². The van der Waals surface area contributed by atoms with Gasteiger partial charge in [-0.2, -0.15) is 5.10 Å². The third-order valence-corrected chi connectivity index (χ3v) is 3.11. The maximum Gasteiger partial charge on any atom is 0.259 e. The van der Waals surface area contributed by atoms with Gasteiger partial charge in [-0.1, -0.05) is 6.07 Å². The lowest BCUT2D eigenvalue weighted by molar-refractivity contribution is 0.102. The number of aromatic nitrogens is 3. The summed E-state index contributed by atoms with van der Waals surface area (Å²) in [4.78, 5) is 16.2. The predicted molar refractivity (Wildman–Crippen MR) is 79.9 cm³/mol. The van der Waals surface area contributed by atoms with E-state index in [4.69, 9.17) is 0 Å². The van der Waals surface area contributed by atoms with Crippen molar-refractivity contribution in [2.75, 3.05) is 5.32 Å². The summed E-state index contributed by atoms with van der Waals surface area (Å²) < 4.78 is 28.0. The molecule has 1 aromatic carbocycles. The maximum atomic E-state index is 13.6. The molecular weight excluding hydrogens is 302 g/mol. The Morgan fingerprint density at radius 3 is 2.78 bits per heavy atom. The van der Waals surface area contributed by atoms with Crippen LogP contribution in [0.3, 0.4) is 0 Å². The number of anilines is 1. The minimum absolute atomic E-state index is 0.245. The summed E-state index contributed by atoms with van der Waals surface area (Å²) in [5.41, 5.74) is 0.573. The molecule has 7 heteroatoms. The second-order valence-corrected chi connectivity index (χ2v) is 4.80. The smallest absolute Gasteiger partial charge is 0.259 e. The molecular formula is C16H12F2N4O. The fourth-order valence-corrected chi connectivity index (χ4v) is 2.03. The minimum Gasteiger partial charge on any atom is -0.305 e. The molecule has 0 aliphatic carbocycles. The second-order valence-electron chi connectivity index (χ2n) is 4.80. The molecule has 0 radical (unpaired) electrons. The van der Waals surface area contributed by atoms with Gasteiger partial charge in [-0.25, -0.2) is 8.78 Å². The average molecular weight is 314 g/mol. The van der Waals surface area contributed by atoms with Gasteiger partial charge in [-0.3, -0.25) is 14.5 Å². The monoisotopic (exact) mass is 314 g/mol. The number of hydrogen-bond donors (Lipinski definition) is 1. The number of carbonyl (C=O) groups is 1. The van der Waals surface area contributed by atoms with E-state index < -0.39 is 17.5 Å². The summed E-state index contributed by atoms with van der Waals surface area (Å²) in [6.07, 6.45) is 3.35. The van der Waals surface area contributed by atoms with Crippen LogP contribution in [-0.4, -0.2) is 20.7 Å². The number of pyridine rings is 1. The number of hydrogen-bond acceptors (Lipinski definition) is 3. The van der Waals surface area contributed by atoms with Gasteiger partial charge in [0.2, 0.25) is 0 Å². The van der Waals surface area contributed by atoms with Crippen molar-refractivity contribution in [3.63, 3.8) is 0 Å². The van der Waals surface area contributed by atoms with Crippen molar-refractivity contribution in [1.29, 1.82) is 0 Å². The standard InChI is InChI=1S/C16H12F2N4O/c17-11-4-5-13(14(18)9-11)16(23)20-15-6-8-22(21-15)10-12-3-1-2-7-19-12/h1-9H,10H2,(H,20,21,23). The van der Waals surface area contributed by atoms with Crippen molar-refractivity contribution < 1.29 is 13.6 Å². The number of amides is 1. The Morgan fingerprint density at radius 1 is 1.17 bits per heavy atom. The van der Waals surface area contributed by atoms with Crippen LogP contribution in [0.2, 0.25) is 0 Å². The highest BCUT2D eigenvalue weighted by Crippen LogP contribution is 2.12. The molecule has 0 saturated carbocycles. The van der Waals surface area contributed by atoms with E-state index >= 15 is 0 Å². The van der Waals surface area contributed by atoms with Crippen molar-refractivity contribution in [3.05, 3.63) is 77.8 Å². The Hall–Kier alpha value is -3.09. The van der Waals surface area contributed by atoms with Gasteiger partial charge in [0, 0.05) is 24.5 Å². The van der Waals surface area contributed by atoms with Crippen molar-refractivity contribution in [3.8, 4) is 0 Å². The highest BCUT2D eigenvalue weighted by atomic mass is 19.1. The van der Waals surface area contributed by atoms with Crippen LogP contribution in [0.4, 0.5) is 14.6 Å². The Bertz CT molecular complexity index is 833. The zero-order chi connectivity index (χ0) is 16.2. The van der Waals surface area contributed by atoms with Gasteiger partial charge in [-0.15, -0.1) is 0 Å². The molecule has 0 aliphatic rings. The summed E-state index contributed by atoms with van der Waals surface area (Å²) in [6, 6.07) is 9.90. The number of nitrogens with zero attached hydrogens (tertiary/aromatic N) is 3. The molecule has 0 saturated heterocycles. The van der Waals surface area contributed by atoms with Gasteiger partial charge in [0.1, 0.15) is 11.6 Å². The molecule has 0 fully saturated rings. The highest BCUT2D eigenvalue weighted by Gasteiger charge is 2.13. The van der Waals surface area contributed by atoms with Crippen LogP contribution in [0.15, 0.2) is 54.9 Å². The SMILES string of the molecule is O=C(Nc1ccn(Cc2ccccn2)n1)c1ccc(F)cc1F. The van der Waals surface area contributed by atoms with E-state index in [1.165, 1.54) is 0 Å². The molecule has 2 heterocycles. The predicted octanol–water partition coefficient (Wildman–Crippen LogP) is 2.86. The fraction of sp³-hybridized carbons (Fsp3) is 0.0625. The molecule has 0 spiro atoms. The number of rotatable bonds is 4. The molecule has 0 bridgehead atoms. The quantitative estimate of drug-likeness (QED) is 0.805. The van der Waals surface area contributed by atoms with Gasteiger partial charge < -0.3 is 5.32 Å². The molecule has 0 atom stereocenters. The minimum atomic E-state index is -0.921. The third-order valence-electron chi connectivity index (χ3n) is 3.11. The van der Waals surface area contributed by atoms with Crippen LogP contribution >= 0.6 is 0 Å². The molecule has 23 heavy (non-hydrogen) atoms. The van der Waals surface area contributed by atoms with Crippen LogP contribution in [0.1, 0.15) is 16.1 Å². The lowest BCUT2D eigenvalue weighted by Crippen LogP contribution is -2.14. The second kappa shape index (κ2) is 6.35. The summed E-state index contributed by atoms with van der Waals surface area (Å²) in [5.74, 6) is -2.07. The van der Waals surface area contributed by atoms with Crippen molar-refractivity contribution >= 4 is 11.7 Å². The molecule has 3 aromatic rings. The van der Waals surface area contributed by atoms with Gasteiger partial charge >= 0.3 is 0 Å². The molecule has 5 nitrogen and oxygen atoms in total. The Balaban J connectivity index is 1.70. The molecule has 3 rings (SSSR count). The molecule has 1 N–H and O–H groups in total. The first kappa shape index (κ1) is 14.8. The van der Waals surface area contributed by atoms with Crippen molar-refractivity contribution in [1.82, 2.24) is 14.8 Å². The highest BCUT2D eigenvalue weighted by molar-refractivity contribution is 6.03. The van der Waals surface area contributed by atoms with Crippen molar-refractivity contribution in [2.24, 2.45) is 0 Å². The summed E-state index contributed by atoms with van der Waals surface area (Å²) in [7, 11) is 0. The Morgan fingerprint density at radius 2 is 2.04 bits per heavy atom. The topological polar surface area (TPSA) is 59.8 Å². The van der Waals surface area contributed by atoms with Crippen LogP contribution in [0.5, 0.6) is 0 Å². The normalized spacial score (nSPS) is 10.5. The van der Waals surface area contributed by atoms with E-state index in [-0.39, 0.29) is 11.4 Å². The molecule has 0 aliphatic heterocycles. The Kier molecular flexibility index (Phi) is 4.09. The average Bonchev–Trinajstić information content (AvgIpc) is 2.95. The molecule has 0 unspecified atom stereocenters. The number of benzene rings is 1. The summed E-state index contributed by atoms with van der Waals surface area (Å²) in [5, 5.41) is 6.64. The van der Waals surface area contributed by atoms with Gasteiger partial charge in [0.25, 0.3) is 5.91 Å². The van der Waals surface area contributed by atoms with Gasteiger partial charge in [0.05, 0.1) is 17.8 Å². The first-order valence-electron chi connectivity index (χ1n) is 6.81. The zero-order valence-electron chi connectivity index (χ0n) is 11.9. The maximum absolute atomic E-state index is 13.6. The molecule has 116 valence electrons. The van der Waals surface area contributed by atoms with E-state index in [0.717, 1.165) is 17.8 Å². The van der Waals surface area contributed by atoms with Crippen LogP contribution in [-0.2, 0) is 6.54 Å². The lowest BCUT2D eigenvalue weighted by Gasteiger charge is -2.04. The van der Waals surface area contributed by atoms with E-state index in [1.54, 1.807) is 23.1 Å². The number of carbonyl (C=O) groups excluding carboxylic acids is 1. The van der Waals surface area contributed by atoms with Crippen LogP contribution in [0.25, 0.3) is 0 Å². The Labute approximate surface area is 130 Å². The van der Waals surface area contributed by atoms with E-state index in [0.29, 0.717) is 12.6 Å².